The predicted octanol–water partition coefficient (Wildman–Crippen LogP) is 1.44. The van der Waals surface area contributed by atoms with E-state index in [0.29, 0.717) is 24.5 Å². The molecule has 1 N–H and O–H groups in total. The van der Waals surface area contributed by atoms with Crippen molar-refractivity contribution in [1.82, 2.24) is 0 Å². The summed E-state index contributed by atoms with van der Waals surface area (Å²) in [5.41, 5.74) is 0.730. The molecule has 1 aliphatic rings. The number of carbonyl (C=O) groups excluding carboxylic acids is 1. The molecule has 0 aliphatic carbocycles. The topological polar surface area (TPSA) is 65.0 Å². The van der Waals surface area contributed by atoms with E-state index in [9.17, 15) is 9.90 Å². The van der Waals surface area contributed by atoms with Crippen LogP contribution in [-0.2, 0) is 9.53 Å². The van der Waals surface area contributed by atoms with E-state index < -0.39 is 12.2 Å². The third kappa shape index (κ3) is 2.56. The molecule has 1 aliphatic heterocycles. The lowest BCUT2D eigenvalue weighted by Gasteiger charge is -2.15. The lowest BCUT2D eigenvalue weighted by atomic mass is 10.1. The van der Waals surface area contributed by atoms with Gasteiger partial charge in [0, 0.05) is 6.42 Å². The molecule has 0 bridgehead atoms. The standard InChI is InChI=1S/C13H16O5/c1-8(14)9-3-4-10(12(7-9)16-2)18-11-5-6-17-13(11)15/h3-4,7-8,11,14H,5-6H2,1-2H3/t8-,11?/m0/s1. The van der Waals surface area contributed by atoms with Crippen LogP contribution in [0.15, 0.2) is 18.2 Å². The summed E-state index contributed by atoms with van der Waals surface area (Å²) in [5.74, 6) is 0.621. The molecule has 2 atom stereocenters. The Morgan fingerprint density at radius 2 is 2.22 bits per heavy atom. The number of rotatable bonds is 4. The molecule has 1 saturated heterocycles. The van der Waals surface area contributed by atoms with Gasteiger partial charge in [0.2, 0.25) is 0 Å². The van der Waals surface area contributed by atoms with Gasteiger partial charge in [0.15, 0.2) is 17.6 Å². The summed E-state index contributed by atoms with van der Waals surface area (Å²) in [4.78, 5) is 11.3. The number of aliphatic hydroxyl groups is 1. The molecule has 0 aromatic heterocycles. The molecule has 1 aromatic carbocycles. The molecular weight excluding hydrogens is 236 g/mol. The van der Waals surface area contributed by atoms with Crippen molar-refractivity contribution in [2.45, 2.75) is 25.6 Å². The minimum Gasteiger partial charge on any atom is -0.493 e. The van der Waals surface area contributed by atoms with Crippen LogP contribution in [0, 0.1) is 0 Å². The van der Waals surface area contributed by atoms with Gasteiger partial charge in [0.25, 0.3) is 0 Å². The lowest BCUT2D eigenvalue weighted by molar-refractivity contribution is -0.143. The van der Waals surface area contributed by atoms with Gasteiger partial charge in [-0.15, -0.1) is 0 Å². The summed E-state index contributed by atoms with van der Waals surface area (Å²) in [7, 11) is 1.51. The summed E-state index contributed by atoms with van der Waals surface area (Å²) in [6, 6.07) is 5.12. The molecule has 5 nitrogen and oxygen atoms in total. The highest BCUT2D eigenvalue weighted by atomic mass is 16.6. The van der Waals surface area contributed by atoms with Gasteiger partial charge in [0.1, 0.15) is 0 Å². The van der Waals surface area contributed by atoms with Crippen molar-refractivity contribution in [2.24, 2.45) is 0 Å². The first-order valence-corrected chi connectivity index (χ1v) is 5.81. The SMILES string of the molecule is COc1cc([C@H](C)O)ccc1OC1CCOC1=O. The van der Waals surface area contributed by atoms with Gasteiger partial charge in [-0.3, -0.25) is 0 Å². The zero-order chi connectivity index (χ0) is 13.1. The molecule has 1 aromatic rings. The molecule has 0 spiro atoms. The first kappa shape index (κ1) is 12.7. The molecule has 0 saturated carbocycles. The Balaban J connectivity index is 2.19. The molecule has 1 heterocycles. The Hall–Kier alpha value is -1.75. The number of carbonyl (C=O) groups is 1. The van der Waals surface area contributed by atoms with Gasteiger partial charge in [-0.1, -0.05) is 6.07 Å². The number of hydrogen-bond acceptors (Lipinski definition) is 5. The first-order chi connectivity index (χ1) is 8.61. The number of hydrogen-bond donors (Lipinski definition) is 1. The van der Waals surface area contributed by atoms with Crippen molar-refractivity contribution in [3.63, 3.8) is 0 Å². The fourth-order valence-electron chi connectivity index (χ4n) is 1.78. The highest BCUT2D eigenvalue weighted by molar-refractivity contribution is 5.77. The maximum Gasteiger partial charge on any atom is 0.347 e. The number of aliphatic hydroxyl groups excluding tert-OH is 1. The van der Waals surface area contributed by atoms with Crippen molar-refractivity contribution < 1.29 is 24.1 Å². The van der Waals surface area contributed by atoms with Crippen LogP contribution in [0.2, 0.25) is 0 Å². The first-order valence-electron chi connectivity index (χ1n) is 5.81. The zero-order valence-corrected chi connectivity index (χ0v) is 10.4. The molecule has 5 heteroatoms. The maximum absolute atomic E-state index is 11.3. The van der Waals surface area contributed by atoms with Crippen LogP contribution in [0.1, 0.15) is 25.0 Å². The Morgan fingerprint density at radius 1 is 1.44 bits per heavy atom. The number of ether oxygens (including phenoxy) is 3. The van der Waals surface area contributed by atoms with E-state index in [4.69, 9.17) is 14.2 Å². The predicted molar refractivity (Wildman–Crippen MR) is 63.6 cm³/mol. The smallest absolute Gasteiger partial charge is 0.347 e. The minimum absolute atomic E-state index is 0.350. The number of esters is 1. The van der Waals surface area contributed by atoms with E-state index in [0.717, 1.165) is 5.56 Å². The van der Waals surface area contributed by atoms with Crippen molar-refractivity contribution in [2.75, 3.05) is 13.7 Å². The molecule has 1 unspecified atom stereocenters. The molecule has 18 heavy (non-hydrogen) atoms. The maximum atomic E-state index is 11.3. The van der Waals surface area contributed by atoms with Gasteiger partial charge < -0.3 is 19.3 Å². The minimum atomic E-state index is -0.579. The van der Waals surface area contributed by atoms with Crippen LogP contribution in [-0.4, -0.2) is 30.9 Å². The van der Waals surface area contributed by atoms with Crippen LogP contribution < -0.4 is 9.47 Å². The molecule has 2 rings (SSSR count). The molecular formula is C13H16O5. The van der Waals surface area contributed by atoms with Crippen LogP contribution >= 0.6 is 0 Å². The Labute approximate surface area is 105 Å². The third-order valence-electron chi connectivity index (χ3n) is 2.83. The van der Waals surface area contributed by atoms with Crippen LogP contribution in [0.4, 0.5) is 0 Å². The Morgan fingerprint density at radius 3 is 2.78 bits per heavy atom. The van der Waals surface area contributed by atoms with E-state index in [1.807, 2.05) is 0 Å². The fourth-order valence-corrected chi connectivity index (χ4v) is 1.78. The number of cyclic esters (lactones) is 1. The largest absolute Gasteiger partial charge is 0.493 e. The second-order valence-corrected chi connectivity index (χ2v) is 4.15. The van der Waals surface area contributed by atoms with Gasteiger partial charge in [0.05, 0.1) is 19.8 Å². The fraction of sp³-hybridized carbons (Fsp3) is 0.462. The lowest BCUT2D eigenvalue weighted by Crippen LogP contribution is -2.22. The van der Waals surface area contributed by atoms with Crippen molar-refractivity contribution in [1.29, 1.82) is 0 Å². The summed E-state index contributed by atoms with van der Waals surface area (Å²) < 4.78 is 15.6. The van der Waals surface area contributed by atoms with Crippen molar-refractivity contribution in [3.8, 4) is 11.5 Å². The van der Waals surface area contributed by atoms with E-state index in [2.05, 4.69) is 0 Å². The average Bonchev–Trinajstić information content (AvgIpc) is 2.75. The number of methoxy groups -OCH3 is 1. The van der Waals surface area contributed by atoms with Crippen LogP contribution in [0.3, 0.4) is 0 Å². The average molecular weight is 252 g/mol. The van der Waals surface area contributed by atoms with Crippen molar-refractivity contribution >= 4 is 5.97 Å². The zero-order valence-electron chi connectivity index (χ0n) is 10.4. The van der Waals surface area contributed by atoms with Crippen molar-refractivity contribution in [3.05, 3.63) is 23.8 Å². The highest BCUT2D eigenvalue weighted by Gasteiger charge is 2.29. The van der Waals surface area contributed by atoms with E-state index in [1.165, 1.54) is 7.11 Å². The highest BCUT2D eigenvalue weighted by Crippen LogP contribution is 2.32. The molecule has 0 amide bonds. The second-order valence-electron chi connectivity index (χ2n) is 4.15. The summed E-state index contributed by atoms with van der Waals surface area (Å²) in [5, 5.41) is 9.49. The Kier molecular flexibility index (Phi) is 3.72. The summed E-state index contributed by atoms with van der Waals surface area (Å²) >= 11 is 0. The molecule has 98 valence electrons. The third-order valence-corrected chi connectivity index (χ3v) is 2.83. The van der Waals surface area contributed by atoms with E-state index in [1.54, 1.807) is 25.1 Å². The van der Waals surface area contributed by atoms with Crippen LogP contribution in [0.5, 0.6) is 11.5 Å². The quantitative estimate of drug-likeness (QED) is 0.821. The van der Waals surface area contributed by atoms with Crippen LogP contribution in [0.25, 0.3) is 0 Å². The second kappa shape index (κ2) is 5.27. The monoisotopic (exact) mass is 252 g/mol. The molecule has 0 radical (unpaired) electrons. The van der Waals surface area contributed by atoms with E-state index >= 15 is 0 Å². The molecule has 1 fully saturated rings. The summed E-state index contributed by atoms with van der Waals surface area (Å²) in [6.07, 6.45) is -0.610. The number of benzene rings is 1. The Bertz CT molecular complexity index is 441. The van der Waals surface area contributed by atoms with Gasteiger partial charge >= 0.3 is 5.97 Å². The summed E-state index contributed by atoms with van der Waals surface area (Å²) in [6.45, 7) is 2.06. The normalized spacial score (nSPS) is 20.4. The van der Waals surface area contributed by atoms with Gasteiger partial charge in [-0.05, 0) is 24.6 Å². The van der Waals surface area contributed by atoms with Gasteiger partial charge in [-0.25, -0.2) is 4.79 Å². The van der Waals surface area contributed by atoms with E-state index in [-0.39, 0.29) is 5.97 Å². The van der Waals surface area contributed by atoms with Gasteiger partial charge in [-0.2, -0.15) is 0 Å².